The number of aromatic nitrogens is 1. The zero-order valence-electron chi connectivity index (χ0n) is 12.3. The molecule has 2 heteroatoms. The molecule has 1 aliphatic rings. The van der Waals surface area contributed by atoms with Gasteiger partial charge in [0.15, 0.2) is 0 Å². The Morgan fingerprint density at radius 3 is 2.59 bits per heavy atom. The van der Waals surface area contributed by atoms with Crippen LogP contribution >= 0.6 is 0 Å². The molecule has 0 atom stereocenters. The van der Waals surface area contributed by atoms with Gasteiger partial charge in [0.05, 0.1) is 10.9 Å². The van der Waals surface area contributed by atoms with Gasteiger partial charge in [0.25, 0.3) is 0 Å². The molecule has 0 bridgehead atoms. The number of aryl methyl sites for hydroxylation is 1. The highest BCUT2D eigenvalue weighted by Crippen LogP contribution is 2.17. The maximum absolute atomic E-state index is 11.0. The van der Waals surface area contributed by atoms with E-state index >= 15 is 0 Å². The van der Waals surface area contributed by atoms with E-state index < -0.39 is 0 Å². The smallest absolute Gasteiger partial charge is 0.128 e. The average Bonchev–Trinajstić information content (AvgIpc) is 2.89. The number of nitrogens with zero attached hydrogens (tertiary/aromatic N) is 1. The number of allylic oxidation sites excluding steroid dienone is 1. The fourth-order valence-corrected chi connectivity index (χ4v) is 3.12. The minimum Gasteiger partial charge on any atom is -0.310 e. The third kappa shape index (κ3) is 1.86. The molecule has 22 heavy (non-hydrogen) atoms. The molecule has 1 aliphatic carbocycles. The first-order valence-electron chi connectivity index (χ1n) is 7.40. The largest absolute Gasteiger partial charge is 0.310 e. The van der Waals surface area contributed by atoms with Crippen molar-refractivity contribution in [1.29, 1.82) is 0 Å². The highest BCUT2D eigenvalue weighted by Gasteiger charge is 2.12. The molecule has 0 spiro atoms. The molecule has 0 saturated heterocycles. The van der Waals surface area contributed by atoms with Gasteiger partial charge in [-0.2, -0.15) is 0 Å². The predicted molar refractivity (Wildman–Crippen MR) is 90.0 cm³/mol. The highest BCUT2D eigenvalue weighted by atomic mass is 16.1. The van der Waals surface area contributed by atoms with E-state index in [0.717, 1.165) is 21.8 Å². The molecule has 0 saturated carbocycles. The van der Waals surface area contributed by atoms with E-state index in [4.69, 9.17) is 0 Å². The van der Waals surface area contributed by atoms with Gasteiger partial charge >= 0.3 is 0 Å². The minimum absolute atomic E-state index is 0.638. The molecule has 3 aromatic rings. The normalized spacial score (nSPS) is 13.2. The number of benzene rings is 2. The quantitative estimate of drug-likeness (QED) is 0.630. The van der Waals surface area contributed by atoms with Crippen molar-refractivity contribution < 1.29 is 4.79 Å². The second-order valence-corrected chi connectivity index (χ2v) is 5.67. The van der Waals surface area contributed by atoms with Crippen LogP contribution < -0.4 is 10.6 Å². The summed E-state index contributed by atoms with van der Waals surface area (Å²) >= 11 is 0. The van der Waals surface area contributed by atoms with Crippen molar-refractivity contribution in [1.82, 2.24) is 4.57 Å². The number of fused-ring (bicyclic) bond motifs is 3. The molecule has 0 aliphatic heterocycles. The summed E-state index contributed by atoms with van der Waals surface area (Å²) in [4.78, 5) is 11.0. The van der Waals surface area contributed by atoms with Gasteiger partial charge in [-0.15, -0.1) is 0 Å². The minimum atomic E-state index is 0.638. The van der Waals surface area contributed by atoms with Crippen LogP contribution in [0, 0.1) is 6.92 Å². The Hall–Kier alpha value is -2.83. The van der Waals surface area contributed by atoms with Crippen molar-refractivity contribution >= 4 is 29.0 Å². The van der Waals surface area contributed by atoms with Crippen LogP contribution in [0.25, 0.3) is 28.7 Å². The van der Waals surface area contributed by atoms with Crippen LogP contribution in [-0.4, -0.2) is 10.5 Å². The van der Waals surface area contributed by atoms with Crippen LogP contribution in [0.15, 0.2) is 54.1 Å². The molecular formula is C20H15NO. The number of rotatable bonds is 1. The van der Waals surface area contributed by atoms with E-state index in [1.165, 1.54) is 10.9 Å². The Kier molecular flexibility index (Phi) is 2.85. The first-order chi connectivity index (χ1) is 10.8. The average molecular weight is 285 g/mol. The van der Waals surface area contributed by atoms with Crippen molar-refractivity contribution in [2.24, 2.45) is 0 Å². The highest BCUT2D eigenvalue weighted by molar-refractivity contribution is 5.87. The Morgan fingerprint density at radius 1 is 1.05 bits per heavy atom. The molecule has 0 radical (unpaired) electrons. The van der Waals surface area contributed by atoms with E-state index in [1.807, 2.05) is 18.1 Å². The van der Waals surface area contributed by atoms with E-state index in [-0.39, 0.29) is 0 Å². The van der Waals surface area contributed by atoms with Crippen LogP contribution in [0.4, 0.5) is 0 Å². The van der Waals surface area contributed by atoms with Crippen molar-refractivity contribution in [2.75, 3.05) is 0 Å². The Balaban J connectivity index is 2.17. The lowest BCUT2D eigenvalue weighted by Gasteiger charge is -2.08. The van der Waals surface area contributed by atoms with Gasteiger partial charge in [0, 0.05) is 28.3 Å². The summed E-state index contributed by atoms with van der Waals surface area (Å²) in [5, 5.41) is 3.44. The van der Waals surface area contributed by atoms with Gasteiger partial charge in [0.2, 0.25) is 0 Å². The third-order valence-electron chi connectivity index (χ3n) is 4.21. The summed E-state index contributed by atoms with van der Waals surface area (Å²) in [6.07, 6.45) is 4.73. The molecule has 1 heterocycles. The molecule has 2 nitrogen and oxygen atoms in total. The van der Waals surface area contributed by atoms with Crippen molar-refractivity contribution in [3.63, 3.8) is 0 Å². The van der Waals surface area contributed by atoms with Gasteiger partial charge in [-0.05, 0) is 31.2 Å². The standard InChI is InChI=1S/C20H15NO/c1-14-6-9-16(10-7-14)21-19-5-3-2-4-17(19)18-12-15(13-22)8-11-20(18)21/h2-7,9-12H,8H2,1H3. The van der Waals surface area contributed by atoms with Crippen LogP contribution in [-0.2, 0) is 4.79 Å². The first kappa shape index (κ1) is 12.9. The Bertz CT molecular complexity index is 1050. The second-order valence-electron chi connectivity index (χ2n) is 5.67. The Morgan fingerprint density at radius 2 is 1.82 bits per heavy atom. The monoisotopic (exact) mass is 285 g/mol. The van der Waals surface area contributed by atoms with Crippen molar-refractivity contribution in [3.05, 3.63) is 70.2 Å². The van der Waals surface area contributed by atoms with Crippen LogP contribution in [0.5, 0.6) is 0 Å². The molecule has 0 amide bonds. The molecule has 2 aromatic carbocycles. The summed E-state index contributed by atoms with van der Waals surface area (Å²) in [5.74, 6) is 2.04. The molecule has 4 rings (SSSR count). The number of hydrogen-bond acceptors (Lipinski definition) is 1. The Labute approximate surface area is 128 Å². The number of hydrogen-bond donors (Lipinski definition) is 0. The fourth-order valence-electron chi connectivity index (χ4n) is 3.12. The lowest BCUT2D eigenvalue weighted by atomic mass is 10.1. The lowest BCUT2D eigenvalue weighted by Crippen LogP contribution is -2.30. The number of para-hydroxylation sites is 1. The topological polar surface area (TPSA) is 22.0 Å². The maximum atomic E-state index is 11.0. The van der Waals surface area contributed by atoms with Crippen molar-refractivity contribution in [3.8, 4) is 5.69 Å². The zero-order valence-corrected chi connectivity index (χ0v) is 12.3. The van der Waals surface area contributed by atoms with E-state index in [9.17, 15) is 4.79 Å². The van der Waals surface area contributed by atoms with Crippen LogP contribution in [0.3, 0.4) is 0 Å². The fraction of sp³-hybridized carbons (Fsp3) is 0.100. The van der Waals surface area contributed by atoms with Crippen LogP contribution in [0.2, 0.25) is 0 Å². The van der Waals surface area contributed by atoms with Gasteiger partial charge in [0.1, 0.15) is 5.94 Å². The van der Waals surface area contributed by atoms with Gasteiger partial charge in [-0.1, -0.05) is 42.0 Å². The SMILES string of the molecule is Cc1ccc(-n2c3c(c4ccccc42)=CC(=C=O)CC=3)cc1. The third-order valence-corrected chi connectivity index (χ3v) is 4.21. The molecule has 106 valence electrons. The summed E-state index contributed by atoms with van der Waals surface area (Å²) < 4.78 is 2.27. The summed E-state index contributed by atoms with van der Waals surface area (Å²) in [5.41, 5.74) is 4.26. The predicted octanol–water partition coefficient (Wildman–Crippen LogP) is 2.66. The van der Waals surface area contributed by atoms with Crippen molar-refractivity contribution in [2.45, 2.75) is 13.3 Å². The molecular weight excluding hydrogens is 270 g/mol. The van der Waals surface area contributed by atoms with Gasteiger partial charge < -0.3 is 4.57 Å². The molecule has 0 N–H and O–H groups in total. The number of carbonyl (C=O) groups excluding carboxylic acids is 1. The van der Waals surface area contributed by atoms with E-state index in [1.54, 1.807) is 0 Å². The van der Waals surface area contributed by atoms with Gasteiger partial charge in [-0.3, -0.25) is 0 Å². The summed E-state index contributed by atoms with van der Waals surface area (Å²) in [6.45, 7) is 2.09. The van der Waals surface area contributed by atoms with E-state index in [2.05, 4.69) is 60.0 Å². The van der Waals surface area contributed by atoms with Crippen LogP contribution in [0.1, 0.15) is 12.0 Å². The molecule has 0 fully saturated rings. The van der Waals surface area contributed by atoms with E-state index in [0.29, 0.717) is 12.0 Å². The van der Waals surface area contributed by atoms with Gasteiger partial charge in [-0.25, -0.2) is 4.79 Å². The summed E-state index contributed by atoms with van der Waals surface area (Å²) in [7, 11) is 0. The first-order valence-corrected chi connectivity index (χ1v) is 7.40. The molecule has 0 unspecified atom stereocenters. The molecule has 1 aromatic heterocycles. The maximum Gasteiger partial charge on any atom is 0.128 e. The lowest BCUT2D eigenvalue weighted by molar-refractivity contribution is 0.567. The zero-order chi connectivity index (χ0) is 15.1. The second kappa shape index (κ2) is 4.87. The summed E-state index contributed by atoms with van der Waals surface area (Å²) in [6, 6.07) is 16.8.